The molecule has 1 rings (SSSR count). The van der Waals surface area contributed by atoms with Crippen LogP contribution in [0.15, 0.2) is 58.2 Å². The van der Waals surface area contributed by atoms with Gasteiger partial charge in [-0.15, -0.1) is 0 Å². The molecule has 1 N–H and O–H groups in total. The van der Waals surface area contributed by atoms with Gasteiger partial charge in [0, 0.05) is 0 Å². The van der Waals surface area contributed by atoms with Crippen LogP contribution in [0.25, 0.3) is 0 Å². The molecule has 0 amide bonds. The predicted octanol–water partition coefficient (Wildman–Crippen LogP) is 3.40. The van der Waals surface area contributed by atoms with Crippen molar-refractivity contribution in [3.8, 4) is 0 Å². The molecule has 0 saturated carbocycles. The van der Waals surface area contributed by atoms with Crippen molar-refractivity contribution >= 4 is 22.2 Å². The van der Waals surface area contributed by atoms with Crippen LogP contribution in [-0.2, 0) is 9.84 Å². The number of sulfone groups is 1. The van der Waals surface area contributed by atoms with E-state index in [1.807, 2.05) is 6.92 Å². The van der Waals surface area contributed by atoms with E-state index in [0.29, 0.717) is 11.5 Å². The number of para-hydroxylation sites is 1. The molecule has 0 bridgehead atoms. The molecule has 108 valence electrons. The Bertz CT molecular complexity index is 644. The Balaban J connectivity index is 3.36. The summed E-state index contributed by atoms with van der Waals surface area (Å²) in [5.74, 6) is 0.492. The van der Waals surface area contributed by atoms with Gasteiger partial charge in [-0.3, -0.25) is 0 Å². The van der Waals surface area contributed by atoms with Gasteiger partial charge in [-0.1, -0.05) is 24.8 Å². The van der Waals surface area contributed by atoms with Gasteiger partial charge in [0.25, 0.3) is 0 Å². The molecule has 20 heavy (non-hydrogen) atoms. The average molecular weight is 292 g/mol. The molecule has 5 heteroatoms. The molecule has 0 aliphatic carbocycles. The van der Waals surface area contributed by atoms with Crippen molar-refractivity contribution in [2.45, 2.75) is 30.9 Å². The van der Waals surface area contributed by atoms with Gasteiger partial charge in [-0.25, -0.2) is 13.4 Å². The average Bonchev–Trinajstić information content (AvgIpc) is 2.44. The number of nitrogens with zero attached hydrogens (tertiary/aromatic N) is 1. The molecule has 0 spiro atoms. The highest BCUT2D eigenvalue weighted by atomic mass is 32.2. The summed E-state index contributed by atoms with van der Waals surface area (Å²) in [5, 5.41) is 2.52. The summed E-state index contributed by atoms with van der Waals surface area (Å²) in [4.78, 5) is 4.13. The number of allylic oxidation sites excluding steroid dienone is 2. The maximum absolute atomic E-state index is 12.3. The first kappa shape index (κ1) is 16.2. The third-order valence-electron chi connectivity index (χ3n) is 2.91. The number of anilines is 1. The van der Waals surface area contributed by atoms with E-state index < -0.39 is 15.1 Å². The van der Waals surface area contributed by atoms with Gasteiger partial charge in [0.05, 0.1) is 15.8 Å². The van der Waals surface area contributed by atoms with E-state index in [4.69, 9.17) is 0 Å². The Labute approximate surface area is 120 Å². The van der Waals surface area contributed by atoms with Gasteiger partial charge >= 0.3 is 0 Å². The maximum Gasteiger partial charge on any atom is 0.182 e. The Kier molecular flexibility index (Phi) is 5.27. The van der Waals surface area contributed by atoms with Crippen molar-refractivity contribution in [3.63, 3.8) is 0 Å². The fourth-order valence-electron chi connectivity index (χ4n) is 1.56. The molecule has 0 aromatic heterocycles. The third-order valence-corrected chi connectivity index (χ3v) is 5.12. The summed E-state index contributed by atoms with van der Waals surface area (Å²) in [7, 11) is -3.37. The van der Waals surface area contributed by atoms with E-state index >= 15 is 0 Å². The van der Waals surface area contributed by atoms with E-state index in [0.717, 1.165) is 5.57 Å². The first-order valence-electron chi connectivity index (χ1n) is 6.24. The second-order valence-electron chi connectivity index (χ2n) is 4.61. The van der Waals surface area contributed by atoms with Crippen LogP contribution in [0.5, 0.6) is 0 Å². The van der Waals surface area contributed by atoms with Crippen molar-refractivity contribution in [1.82, 2.24) is 0 Å². The molecule has 0 saturated heterocycles. The summed E-state index contributed by atoms with van der Waals surface area (Å²) in [6, 6.07) is 6.76. The van der Waals surface area contributed by atoms with Crippen molar-refractivity contribution < 1.29 is 8.42 Å². The predicted molar refractivity (Wildman–Crippen MR) is 84.8 cm³/mol. The van der Waals surface area contributed by atoms with Crippen LogP contribution in [-0.4, -0.2) is 20.4 Å². The van der Waals surface area contributed by atoms with Gasteiger partial charge in [0.1, 0.15) is 5.82 Å². The number of nitrogens with one attached hydrogen (secondary N) is 1. The van der Waals surface area contributed by atoms with Crippen molar-refractivity contribution in [2.75, 3.05) is 5.32 Å². The molecule has 0 aliphatic rings. The number of aliphatic imine (C=N–C) groups is 1. The lowest BCUT2D eigenvalue weighted by atomic mass is 10.2. The molecule has 0 unspecified atom stereocenters. The van der Waals surface area contributed by atoms with E-state index in [9.17, 15) is 8.42 Å². The van der Waals surface area contributed by atoms with Crippen LogP contribution < -0.4 is 5.32 Å². The summed E-state index contributed by atoms with van der Waals surface area (Å²) in [5.41, 5.74) is 1.28. The third kappa shape index (κ3) is 3.36. The van der Waals surface area contributed by atoms with Crippen LogP contribution in [0.3, 0.4) is 0 Å². The summed E-state index contributed by atoms with van der Waals surface area (Å²) < 4.78 is 24.7. The largest absolute Gasteiger partial charge is 0.339 e. The number of hydrogen-bond acceptors (Lipinski definition) is 4. The topological polar surface area (TPSA) is 58.5 Å². The van der Waals surface area contributed by atoms with Crippen molar-refractivity contribution in [1.29, 1.82) is 0 Å². The summed E-state index contributed by atoms with van der Waals surface area (Å²) >= 11 is 0. The van der Waals surface area contributed by atoms with Gasteiger partial charge in [0.2, 0.25) is 0 Å². The standard InChI is InChI=1S/C15H20N2O2S/c1-6-12(4)15(16-5)17-13-9-7-8-10-14(13)20(18,19)11(2)3/h6-11,17H,1,5H2,2-4H3/b15-12+. The van der Waals surface area contributed by atoms with Crippen molar-refractivity contribution in [3.05, 3.63) is 48.3 Å². The van der Waals surface area contributed by atoms with Crippen LogP contribution in [0, 0.1) is 0 Å². The quantitative estimate of drug-likeness (QED) is 0.646. The molecule has 1 aromatic carbocycles. The summed E-state index contributed by atoms with van der Waals surface area (Å²) in [6.45, 7) is 12.3. The van der Waals surface area contributed by atoms with Gasteiger partial charge < -0.3 is 5.32 Å². The number of hydrogen-bond donors (Lipinski definition) is 1. The smallest absolute Gasteiger partial charge is 0.182 e. The van der Waals surface area contributed by atoms with Gasteiger partial charge in [0.15, 0.2) is 9.84 Å². The Hall–Kier alpha value is -1.88. The first-order valence-corrected chi connectivity index (χ1v) is 7.79. The summed E-state index contributed by atoms with van der Waals surface area (Å²) in [6.07, 6.45) is 1.64. The molecule has 0 fully saturated rings. The van der Waals surface area contributed by atoms with Gasteiger partial charge in [-0.2, -0.15) is 0 Å². The van der Waals surface area contributed by atoms with Crippen LogP contribution in [0.1, 0.15) is 20.8 Å². The highest BCUT2D eigenvalue weighted by Gasteiger charge is 2.22. The zero-order chi connectivity index (χ0) is 15.3. The zero-order valence-corrected chi connectivity index (χ0v) is 12.9. The molecule has 4 nitrogen and oxygen atoms in total. The Morgan fingerprint density at radius 1 is 1.35 bits per heavy atom. The Morgan fingerprint density at radius 3 is 2.45 bits per heavy atom. The van der Waals surface area contributed by atoms with E-state index in [1.165, 1.54) is 0 Å². The SMILES string of the molecule is C=C/C(C)=C(\N=C)Nc1ccccc1S(=O)(=O)C(C)C. The first-order chi connectivity index (χ1) is 9.34. The van der Waals surface area contributed by atoms with E-state index in [2.05, 4.69) is 23.6 Å². The normalized spacial score (nSPS) is 12.8. The van der Waals surface area contributed by atoms with Crippen LogP contribution in [0.2, 0.25) is 0 Å². The molecule has 1 aromatic rings. The Morgan fingerprint density at radius 2 is 1.95 bits per heavy atom. The molecular weight excluding hydrogens is 272 g/mol. The minimum absolute atomic E-state index is 0.257. The molecule has 0 aliphatic heterocycles. The maximum atomic E-state index is 12.3. The molecule has 0 atom stereocenters. The minimum Gasteiger partial charge on any atom is -0.339 e. The zero-order valence-electron chi connectivity index (χ0n) is 12.1. The molecule has 0 radical (unpaired) electrons. The monoisotopic (exact) mass is 292 g/mol. The van der Waals surface area contributed by atoms with E-state index in [-0.39, 0.29) is 4.90 Å². The van der Waals surface area contributed by atoms with Crippen LogP contribution >= 0.6 is 0 Å². The lowest BCUT2D eigenvalue weighted by molar-refractivity contribution is 0.587. The minimum atomic E-state index is -3.37. The lowest BCUT2D eigenvalue weighted by Gasteiger charge is -2.15. The number of rotatable bonds is 6. The second-order valence-corrected chi connectivity index (χ2v) is 7.08. The molecule has 0 heterocycles. The van der Waals surface area contributed by atoms with Crippen molar-refractivity contribution in [2.24, 2.45) is 4.99 Å². The highest BCUT2D eigenvalue weighted by molar-refractivity contribution is 7.92. The second kappa shape index (κ2) is 6.52. The molecular formula is C15H20N2O2S. The van der Waals surface area contributed by atoms with Crippen LogP contribution in [0.4, 0.5) is 5.69 Å². The fraction of sp³-hybridized carbons (Fsp3) is 0.267. The highest BCUT2D eigenvalue weighted by Crippen LogP contribution is 2.26. The van der Waals surface area contributed by atoms with E-state index in [1.54, 1.807) is 44.2 Å². The number of benzene rings is 1. The lowest BCUT2D eigenvalue weighted by Crippen LogP contribution is -2.16. The van der Waals surface area contributed by atoms with Gasteiger partial charge in [-0.05, 0) is 45.2 Å². The fourth-order valence-corrected chi connectivity index (χ4v) is 2.76.